The van der Waals surface area contributed by atoms with E-state index in [-0.39, 0.29) is 16.3 Å². The maximum Gasteiger partial charge on any atom is 0.416 e. The molecular formula is C23H18ClF6N3O2. The van der Waals surface area contributed by atoms with Gasteiger partial charge in [-0.05, 0) is 35.9 Å². The molecule has 5 nitrogen and oxygen atoms in total. The van der Waals surface area contributed by atoms with E-state index >= 15 is 0 Å². The molecule has 1 aromatic heterocycles. The molecule has 2 amide bonds. The maximum absolute atomic E-state index is 14.2. The summed E-state index contributed by atoms with van der Waals surface area (Å²) in [6, 6.07) is 3.90. The van der Waals surface area contributed by atoms with E-state index in [1.54, 1.807) is 0 Å². The molecule has 0 aliphatic rings. The summed E-state index contributed by atoms with van der Waals surface area (Å²) in [5.74, 6) is -1.97. The highest BCUT2D eigenvalue weighted by Crippen LogP contribution is 2.41. The quantitative estimate of drug-likeness (QED) is 0.328. The third-order valence-corrected chi connectivity index (χ3v) is 5.67. The van der Waals surface area contributed by atoms with E-state index in [4.69, 9.17) is 17.3 Å². The lowest BCUT2D eigenvalue weighted by atomic mass is 10.0. The number of fused-ring (bicyclic) bond motifs is 1. The van der Waals surface area contributed by atoms with Crippen LogP contribution < -0.4 is 5.73 Å². The van der Waals surface area contributed by atoms with Crippen LogP contribution in [0.5, 0.6) is 0 Å². The third kappa shape index (κ3) is 5.14. The molecule has 0 saturated carbocycles. The van der Waals surface area contributed by atoms with E-state index in [0.29, 0.717) is 27.9 Å². The van der Waals surface area contributed by atoms with Crippen LogP contribution in [0.1, 0.15) is 38.0 Å². The first-order valence-corrected chi connectivity index (χ1v) is 10.3. The molecule has 0 fully saturated rings. The lowest BCUT2D eigenvalue weighted by Gasteiger charge is -2.33. The van der Waals surface area contributed by atoms with Crippen molar-refractivity contribution in [3.05, 3.63) is 82.5 Å². The van der Waals surface area contributed by atoms with Gasteiger partial charge in [0.2, 0.25) is 5.91 Å². The van der Waals surface area contributed by atoms with Gasteiger partial charge in [0.15, 0.2) is 6.04 Å². The first-order chi connectivity index (χ1) is 16.2. The van der Waals surface area contributed by atoms with Crippen LogP contribution in [0.25, 0.3) is 10.9 Å². The molecule has 0 saturated heterocycles. The lowest BCUT2D eigenvalue weighted by Crippen LogP contribution is -2.43. The zero-order chi connectivity index (χ0) is 26.3. The summed E-state index contributed by atoms with van der Waals surface area (Å²) >= 11 is 6.05. The van der Waals surface area contributed by atoms with Crippen LogP contribution in [0, 0.1) is 0 Å². The number of alkyl halides is 6. The second-order valence-electron chi connectivity index (χ2n) is 7.66. The Morgan fingerprint density at radius 2 is 1.80 bits per heavy atom. The molecule has 0 aliphatic carbocycles. The summed E-state index contributed by atoms with van der Waals surface area (Å²) in [7, 11) is 1.40. The van der Waals surface area contributed by atoms with Crippen molar-refractivity contribution in [2.45, 2.75) is 18.4 Å². The molecule has 2 aromatic carbocycles. The van der Waals surface area contributed by atoms with Crippen LogP contribution in [0.2, 0.25) is 5.02 Å². The number of primary amides is 1. The lowest BCUT2D eigenvalue weighted by molar-refractivity contribution is -0.178. The highest BCUT2D eigenvalue weighted by atomic mass is 35.5. The van der Waals surface area contributed by atoms with Gasteiger partial charge in [-0.15, -0.1) is 6.58 Å². The normalized spacial score (nSPS) is 13.0. The molecule has 0 spiro atoms. The van der Waals surface area contributed by atoms with Gasteiger partial charge >= 0.3 is 12.4 Å². The number of aromatic nitrogens is 1. The predicted molar refractivity (Wildman–Crippen MR) is 118 cm³/mol. The molecule has 3 aromatic rings. The molecule has 12 heteroatoms. The molecule has 0 aliphatic heterocycles. The first-order valence-electron chi connectivity index (χ1n) is 9.91. The number of carbonyl (C=O) groups is 2. The molecule has 3 rings (SSSR count). The fourth-order valence-electron chi connectivity index (χ4n) is 3.78. The van der Waals surface area contributed by atoms with Crippen molar-refractivity contribution < 1.29 is 35.9 Å². The van der Waals surface area contributed by atoms with Crippen LogP contribution in [-0.2, 0) is 13.2 Å². The predicted octanol–water partition coefficient (Wildman–Crippen LogP) is 5.88. The van der Waals surface area contributed by atoms with Crippen molar-refractivity contribution in [3.63, 3.8) is 0 Å². The van der Waals surface area contributed by atoms with Gasteiger partial charge in [-0.3, -0.25) is 9.59 Å². The summed E-state index contributed by atoms with van der Waals surface area (Å²) in [5.41, 5.74) is 3.27. The van der Waals surface area contributed by atoms with Gasteiger partial charge in [0.1, 0.15) is 5.69 Å². The van der Waals surface area contributed by atoms with Crippen LogP contribution in [0.4, 0.5) is 26.3 Å². The minimum Gasteiger partial charge on any atom is -0.366 e. The Morgan fingerprint density at radius 3 is 2.34 bits per heavy atom. The summed E-state index contributed by atoms with van der Waals surface area (Å²) in [6.07, 6.45) is -8.96. The molecule has 1 unspecified atom stereocenters. The molecule has 0 radical (unpaired) electrons. The summed E-state index contributed by atoms with van der Waals surface area (Å²) < 4.78 is 83.4. The fraction of sp³-hybridized carbons (Fsp3) is 0.217. The number of nitrogens with two attached hydrogens (primary N) is 1. The zero-order valence-corrected chi connectivity index (χ0v) is 18.8. The number of rotatable bonds is 6. The van der Waals surface area contributed by atoms with Gasteiger partial charge in [0.25, 0.3) is 5.91 Å². The minimum atomic E-state index is -5.12. The number of nitrogens with zero attached hydrogens (tertiary/aromatic N) is 2. The fourth-order valence-corrected chi connectivity index (χ4v) is 4.03. The number of halogens is 7. The first kappa shape index (κ1) is 26.1. The average Bonchev–Trinajstić information content (AvgIpc) is 3.06. The number of carbonyl (C=O) groups excluding carboxylic acids is 2. The van der Waals surface area contributed by atoms with E-state index in [2.05, 4.69) is 6.58 Å². The SMILES string of the molecule is C=CCN(C(=O)c1cc2cc(C(N)=O)c(Cl)cc2n1C)C(c1cccc(C(F)(F)F)c1)C(F)(F)F. The van der Waals surface area contributed by atoms with Crippen molar-refractivity contribution >= 4 is 34.3 Å². The van der Waals surface area contributed by atoms with Crippen molar-refractivity contribution in [2.75, 3.05) is 6.54 Å². The zero-order valence-electron chi connectivity index (χ0n) is 18.0. The molecule has 0 bridgehead atoms. The van der Waals surface area contributed by atoms with E-state index in [0.717, 1.165) is 18.2 Å². The average molecular weight is 518 g/mol. The van der Waals surface area contributed by atoms with Crippen molar-refractivity contribution in [1.82, 2.24) is 9.47 Å². The number of hydrogen-bond acceptors (Lipinski definition) is 2. The number of benzene rings is 2. The second kappa shape index (κ2) is 9.29. The number of hydrogen-bond donors (Lipinski definition) is 1. The number of aryl methyl sites for hydroxylation is 1. The van der Waals surface area contributed by atoms with Gasteiger partial charge < -0.3 is 15.2 Å². The number of amides is 2. The Labute approximate surface area is 200 Å². The van der Waals surface area contributed by atoms with E-state index in [9.17, 15) is 35.9 Å². The monoisotopic (exact) mass is 517 g/mol. The Balaban J connectivity index is 2.17. The van der Waals surface area contributed by atoms with Crippen molar-refractivity contribution in [2.24, 2.45) is 12.8 Å². The van der Waals surface area contributed by atoms with E-state index in [1.165, 1.54) is 29.8 Å². The van der Waals surface area contributed by atoms with E-state index in [1.807, 2.05) is 0 Å². The summed E-state index contributed by atoms with van der Waals surface area (Å²) in [4.78, 5) is 25.3. The van der Waals surface area contributed by atoms with E-state index < -0.39 is 47.9 Å². The summed E-state index contributed by atoms with van der Waals surface area (Å²) in [6.45, 7) is 2.77. The van der Waals surface area contributed by atoms with Gasteiger partial charge in [-0.2, -0.15) is 26.3 Å². The third-order valence-electron chi connectivity index (χ3n) is 5.35. The van der Waals surface area contributed by atoms with Crippen LogP contribution in [0.3, 0.4) is 0 Å². The smallest absolute Gasteiger partial charge is 0.366 e. The van der Waals surface area contributed by atoms with Gasteiger partial charge in [-0.25, -0.2) is 0 Å². The molecule has 1 heterocycles. The Morgan fingerprint density at radius 1 is 1.14 bits per heavy atom. The minimum absolute atomic E-state index is 0.0229. The Kier molecular flexibility index (Phi) is 6.94. The molecule has 35 heavy (non-hydrogen) atoms. The topological polar surface area (TPSA) is 68.3 Å². The highest BCUT2D eigenvalue weighted by Gasteiger charge is 2.47. The summed E-state index contributed by atoms with van der Waals surface area (Å²) in [5, 5.41) is 0.278. The van der Waals surface area contributed by atoms with Crippen molar-refractivity contribution in [3.8, 4) is 0 Å². The van der Waals surface area contributed by atoms with Gasteiger partial charge in [0.05, 0.1) is 16.1 Å². The standard InChI is InChI=1S/C23H18ClF6N3O2/c1-3-7-33(19(23(28,29)30)12-5-4-6-14(8-12)22(25,26)27)21(35)18-10-13-9-15(20(31)34)16(24)11-17(13)32(18)2/h3-6,8-11,19H,1,7H2,2H3,(H2,31,34). The molecule has 186 valence electrons. The second-order valence-corrected chi connectivity index (χ2v) is 8.06. The maximum atomic E-state index is 14.2. The van der Waals surface area contributed by atoms with Crippen LogP contribution in [-0.4, -0.2) is 34.0 Å². The highest BCUT2D eigenvalue weighted by molar-refractivity contribution is 6.34. The molecule has 1 atom stereocenters. The van der Waals surface area contributed by atoms with Gasteiger partial charge in [0, 0.05) is 24.5 Å². The Hall–Kier alpha value is -3.47. The van der Waals surface area contributed by atoms with Crippen molar-refractivity contribution in [1.29, 1.82) is 0 Å². The molecule has 2 N–H and O–H groups in total. The van der Waals surface area contributed by atoms with Crippen LogP contribution >= 0.6 is 11.6 Å². The van der Waals surface area contributed by atoms with Gasteiger partial charge in [-0.1, -0.05) is 29.8 Å². The largest absolute Gasteiger partial charge is 0.416 e. The molecular weight excluding hydrogens is 500 g/mol. The Bertz CT molecular complexity index is 1310. The van der Waals surface area contributed by atoms with Crippen LogP contribution in [0.15, 0.2) is 55.1 Å².